The van der Waals surface area contributed by atoms with Gasteiger partial charge in [0.05, 0.1) is 4.90 Å². The van der Waals surface area contributed by atoms with Crippen LogP contribution in [0.1, 0.15) is 12.0 Å². The molecule has 4 aromatic rings. The third-order valence-corrected chi connectivity index (χ3v) is 8.61. The van der Waals surface area contributed by atoms with Gasteiger partial charge < -0.3 is 4.90 Å². The first-order chi connectivity index (χ1) is 15.4. The normalized spacial score (nSPS) is 14.6. The molecule has 1 aliphatic rings. The summed E-state index contributed by atoms with van der Waals surface area (Å²) in [5.41, 5.74) is 1.16. The predicted molar refractivity (Wildman–Crippen MR) is 129 cm³/mol. The minimum absolute atomic E-state index is 0.00966. The Kier molecular flexibility index (Phi) is 5.39. The number of sulfone groups is 1. The molecule has 0 aromatic heterocycles. The first-order valence-electron chi connectivity index (χ1n) is 10.6. The summed E-state index contributed by atoms with van der Waals surface area (Å²) in [6.45, 7) is 0.472. The van der Waals surface area contributed by atoms with E-state index in [1.807, 2.05) is 24.3 Å². The van der Waals surface area contributed by atoms with Gasteiger partial charge in [0.15, 0.2) is 9.84 Å². The van der Waals surface area contributed by atoms with Crippen LogP contribution < -0.4 is 0 Å². The number of likely N-dealkylation sites (tertiary alicyclic amines) is 1. The van der Waals surface area contributed by atoms with Gasteiger partial charge in [-0.3, -0.25) is 4.79 Å². The van der Waals surface area contributed by atoms with Crippen molar-refractivity contribution in [3.63, 3.8) is 0 Å². The maximum atomic E-state index is 12.8. The summed E-state index contributed by atoms with van der Waals surface area (Å²) < 4.78 is 25.6. The van der Waals surface area contributed by atoms with Crippen molar-refractivity contribution in [3.8, 4) is 0 Å². The number of hydrogen-bond donors (Lipinski definition) is 0. The zero-order valence-electron chi connectivity index (χ0n) is 17.4. The monoisotopic (exact) mass is 463 g/mol. The molecule has 0 aliphatic carbocycles. The summed E-state index contributed by atoms with van der Waals surface area (Å²) in [5, 5.41) is 4.57. The van der Waals surface area contributed by atoms with Crippen molar-refractivity contribution < 1.29 is 13.2 Å². The van der Waals surface area contributed by atoms with Gasteiger partial charge in [-0.1, -0.05) is 60.1 Å². The number of rotatable bonds is 5. The van der Waals surface area contributed by atoms with E-state index < -0.39 is 15.1 Å². The van der Waals surface area contributed by atoms with E-state index in [1.165, 1.54) is 12.1 Å². The van der Waals surface area contributed by atoms with E-state index in [-0.39, 0.29) is 23.9 Å². The summed E-state index contributed by atoms with van der Waals surface area (Å²) in [5.74, 6) is -0.00966. The smallest absolute Gasteiger partial charge is 0.222 e. The van der Waals surface area contributed by atoms with Crippen LogP contribution in [0.3, 0.4) is 0 Å². The molecule has 5 rings (SSSR count). The van der Waals surface area contributed by atoms with E-state index in [9.17, 15) is 13.2 Å². The SMILES string of the molecule is O=C(CCc1c2ccccc2cc2ccccc12)N1CC(S(=O)(=O)c2ccc(Cl)cc2)C1. The van der Waals surface area contributed by atoms with Gasteiger partial charge in [-0.25, -0.2) is 8.42 Å². The van der Waals surface area contributed by atoms with Gasteiger partial charge in [-0.2, -0.15) is 0 Å². The average molecular weight is 464 g/mol. The second kappa shape index (κ2) is 8.23. The van der Waals surface area contributed by atoms with Crippen LogP contribution in [-0.4, -0.2) is 37.6 Å². The number of hydrogen-bond acceptors (Lipinski definition) is 3. The van der Waals surface area contributed by atoms with Crippen LogP contribution in [0.15, 0.2) is 83.8 Å². The molecule has 162 valence electrons. The fraction of sp³-hybridized carbons (Fsp3) is 0.192. The Balaban J connectivity index is 1.30. The van der Waals surface area contributed by atoms with Crippen LogP contribution in [0.2, 0.25) is 5.02 Å². The van der Waals surface area contributed by atoms with Crippen molar-refractivity contribution in [1.29, 1.82) is 0 Å². The van der Waals surface area contributed by atoms with Crippen molar-refractivity contribution in [2.75, 3.05) is 13.1 Å². The summed E-state index contributed by atoms with van der Waals surface area (Å²) >= 11 is 5.86. The number of aryl methyl sites for hydroxylation is 1. The highest BCUT2D eigenvalue weighted by Crippen LogP contribution is 2.30. The highest BCUT2D eigenvalue weighted by molar-refractivity contribution is 7.92. The number of carbonyl (C=O) groups excluding carboxylic acids is 1. The highest BCUT2D eigenvalue weighted by atomic mass is 35.5. The van der Waals surface area contributed by atoms with E-state index in [1.54, 1.807) is 17.0 Å². The Morgan fingerprint density at radius 3 is 2.03 bits per heavy atom. The second-order valence-electron chi connectivity index (χ2n) is 8.22. The molecular weight excluding hydrogens is 442 g/mol. The first-order valence-corrected chi connectivity index (χ1v) is 12.5. The Hall–Kier alpha value is -2.89. The lowest BCUT2D eigenvalue weighted by Crippen LogP contribution is -2.56. The van der Waals surface area contributed by atoms with Crippen molar-refractivity contribution in [2.45, 2.75) is 23.0 Å². The molecule has 1 saturated heterocycles. The Morgan fingerprint density at radius 2 is 1.44 bits per heavy atom. The van der Waals surface area contributed by atoms with Crippen LogP contribution in [-0.2, 0) is 21.1 Å². The van der Waals surface area contributed by atoms with Gasteiger partial charge in [-0.15, -0.1) is 0 Å². The van der Waals surface area contributed by atoms with E-state index in [0.717, 1.165) is 27.1 Å². The third-order valence-electron chi connectivity index (χ3n) is 6.25. The summed E-state index contributed by atoms with van der Waals surface area (Å²) in [6.07, 6.45) is 0.970. The molecule has 0 spiro atoms. The Morgan fingerprint density at radius 1 is 0.875 bits per heavy atom. The molecule has 32 heavy (non-hydrogen) atoms. The molecular formula is C26H22ClNO3S. The molecule has 1 heterocycles. The van der Waals surface area contributed by atoms with Gasteiger partial charge >= 0.3 is 0 Å². The number of benzene rings is 4. The van der Waals surface area contributed by atoms with Crippen LogP contribution in [0, 0.1) is 0 Å². The van der Waals surface area contributed by atoms with Crippen molar-refractivity contribution in [3.05, 3.63) is 89.4 Å². The summed E-state index contributed by atoms with van der Waals surface area (Å²) in [4.78, 5) is 14.7. The Bertz CT molecular complexity index is 1370. The van der Waals surface area contributed by atoms with Crippen molar-refractivity contribution >= 4 is 48.9 Å². The van der Waals surface area contributed by atoms with Gasteiger partial charge in [0.2, 0.25) is 5.91 Å². The van der Waals surface area contributed by atoms with Gasteiger partial charge in [-0.05, 0) is 63.9 Å². The van der Waals surface area contributed by atoms with E-state index in [2.05, 4.69) is 30.3 Å². The lowest BCUT2D eigenvalue weighted by molar-refractivity contribution is -0.134. The molecule has 1 amide bonds. The number of nitrogens with zero attached hydrogens (tertiary/aromatic N) is 1. The Labute approximate surface area is 192 Å². The summed E-state index contributed by atoms with van der Waals surface area (Å²) in [7, 11) is -3.46. The van der Waals surface area contributed by atoms with Gasteiger partial charge in [0.1, 0.15) is 5.25 Å². The van der Waals surface area contributed by atoms with Crippen molar-refractivity contribution in [2.24, 2.45) is 0 Å². The predicted octanol–water partition coefficient (Wildman–Crippen LogP) is 5.26. The zero-order valence-corrected chi connectivity index (χ0v) is 18.9. The standard InChI is InChI=1S/C26H22ClNO3S/c27-20-9-11-21(12-10-20)32(30,31)22-16-28(17-22)26(29)14-13-25-23-7-3-1-5-18(23)15-19-6-2-4-8-24(19)25/h1-12,15,22H,13-14,16-17H2. The second-order valence-corrected chi connectivity index (χ2v) is 10.9. The number of fused-ring (bicyclic) bond motifs is 2. The molecule has 1 aliphatic heterocycles. The molecule has 0 atom stereocenters. The van der Waals surface area contributed by atoms with E-state index in [0.29, 0.717) is 17.9 Å². The van der Waals surface area contributed by atoms with Crippen LogP contribution in [0.5, 0.6) is 0 Å². The van der Waals surface area contributed by atoms with Gasteiger partial charge in [0.25, 0.3) is 0 Å². The molecule has 0 bridgehead atoms. The third kappa shape index (κ3) is 3.76. The minimum atomic E-state index is -3.46. The molecule has 6 heteroatoms. The number of carbonyl (C=O) groups is 1. The molecule has 1 fully saturated rings. The largest absolute Gasteiger partial charge is 0.340 e. The first kappa shape index (κ1) is 21.0. The maximum absolute atomic E-state index is 12.8. The molecule has 4 aromatic carbocycles. The van der Waals surface area contributed by atoms with E-state index >= 15 is 0 Å². The molecule has 0 radical (unpaired) electrons. The van der Waals surface area contributed by atoms with Crippen molar-refractivity contribution in [1.82, 2.24) is 4.90 Å². The van der Waals surface area contributed by atoms with Crippen LogP contribution >= 0.6 is 11.6 Å². The lowest BCUT2D eigenvalue weighted by atomic mass is 9.93. The minimum Gasteiger partial charge on any atom is -0.340 e. The topological polar surface area (TPSA) is 54.5 Å². The molecule has 0 unspecified atom stereocenters. The highest BCUT2D eigenvalue weighted by Gasteiger charge is 2.40. The van der Waals surface area contributed by atoms with Crippen LogP contribution in [0.25, 0.3) is 21.5 Å². The fourth-order valence-electron chi connectivity index (χ4n) is 4.42. The van der Waals surface area contributed by atoms with E-state index in [4.69, 9.17) is 11.6 Å². The lowest BCUT2D eigenvalue weighted by Gasteiger charge is -2.38. The van der Waals surface area contributed by atoms with Crippen LogP contribution in [0.4, 0.5) is 0 Å². The fourth-order valence-corrected chi connectivity index (χ4v) is 6.20. The molecule has 0 saturated carbocycles. The zero-order chi connectivity index (χ0) is 22.3. The van der Waals surface area contributed by atoms with Gasteiger partial charge in [0, 0.05) is 24.5 Å². The quantitative estimate of drug-likeness (QED) is 0.379. The molecule has 4 nitrogen and oxygen atoms in total. The summed E-state index contributed by atoms with van der Waals surface area (Å²) in [6, 6.07) is 24.8. The number of halogens is 1. The average Bonchev–Trinajstić information content (AvgIpc) is 2.75. The molecule has 0 N–H and O–H groups in total. The number of amides is 1. The maximum Gasteiger partial charge on any atom is 0.222 e.